The molecule has 0 aliphatic carbocycles. The third-order valence-electron chi connectivity index (χ3n) is 2.95. The summed E-state index contributed by atoms with van der Waals surface area (Å²) in [7, 11) is 0. The Morgan fingerprint density at radius 3 is 2.82 bits per heavy atom. The Balaban J connectivity index is 2.22. The van der Waals surface area contributed by atoms with E-state index in [1.54, 1.807) is 0 Å². The highest BCUT2D eigenvalue weighted by atomic mass is 16.2. The Morgan fingerprint density at radius 1 is 1.47 bits per heavy atom. The van der Waals surface area contributed by atoms with Crippen molar-refractivity contribution >= 4 is 11.9 Å². The summed E-state index contributed by atoms with van der Waals surface area (Å²) in [5, 5.41) is 2.79. The number of hydrogen-bond donors (Lipinski definition) is 1. The molecule has 1 aromatic heterocycles. The molecule has 0 spiro atoms. The van der Waals surface area contributed by atoms with E-state index in [0.717, 1.165) is 17.8 Å². The zero-order valence-electron chi connectivity index (χ0n) is 10.5. The van der Waals surface area contributed by atoms with Crippen molar-refractivity contribution in [3.63, 3.8) is 0 Å². The summed E-state index contributed by atoms with van der Waals surface area (Å²) in [5.74, 6) is 1.11. The molecule has 1 aromatic rings. The molecular formula is C12H18N4O. The van der Waals surface area contributed by atoms with Crippen LogP contribution >= 0.6 is 0 Å². The molecule has 1 saturated heterocycles. The second-order valence-electron chi connectivity index (χ2n) is 4.64. The lowest BCUT2D eigenvalue weighted by Gasteiger charge is -2.27. The van der Waals surface area contributed by atoms with Crippen LogP contribution in [0.4, 0.5) is 5.95 Å². The highest BCUT2D eigenvalue weighted by Gasteiger charge is 2.19. The largest absolute Gasteiger partial charge is 0.353 e. The number of amides is 1. The lowest BCUT2D eigenvalue weighted by Crippen LogP contribution is -2.48. The molecule has 0 radical (unpaired) electrons. The summed E-state index contributed by atoms with van der Waals surface area (Å²) in [6.45, 7) is 8.02. The van der Waals surface area contributed by atoms with Gasteiger partial charge in [0, 0.05) is 25.0 Å². The predicted octanol–water partition coefficient (Wildman–Crippen LogP) is 0.845. The van der Waals surface area contributed by atoms with Crippen LogP contribution < -0.4 is 10.2 Å². The van der Waals surface area contributed by atoms with Crippen LogP contribution in [0.25, 0.3) is 0 Å². The van der Waals surface area contributed by atoms with Gasteiger partial charge in [-0.05, 0) is 18.4 Å². The van der Waals surface area contributed by atoms with E-state index in [1.165, 1.54) is 0 Å². The molecular weight excluding hydrogens is 216 g/mol. The molecule has 0 unspecified atom stereocenters. The Labute approximate surface area is 101 Å². The van der Waals surface area contributed by atoms with Crippen molar-refractivity contribution < 1.29 is 4.79 Å². The second-order valence-corrected chi connectivity index (χ2v) is 4.64. The average Bonchev–Trinajstić information content (AvgIpc) is 2.28. The average molecular weight is 234 g/mol. The molecule has 1 amide bonds. The van der Waals surface area contributed by atoms with Gasteiger partial charge in [0.1, 0.15) is 0 Å². The summed E-state index contributed by atoms with van der Waals surface area (Å²) in [4.78, 5) is 22.1. The third kappa shape index (κ3) is 2.54. The lowest BCUT2D eigenvalue weighted by molar-refractivity contribution is -0.120. The van der Waals surface area contributed by atoms with Gasteiger partial charge in [-0.3, -0.25) is 4.79 Å². The number of aryl methyl sites for hydroxylation is 1. The van der Waals surface area contributed by atoms with E-state index < -0.39 is 0 Å². The van der Waals surface area contributed by atoms with Crippen LogP contribution in [0.15, 0.2) is 6.20 Å². The summed E-state index contributed by atoms with van der Waals surface area (Å²) in [5.41, 5.74) is 2.16. The normalized spacial score (nSPS) is 16.2. The summed E-state index contributed by atoms with van der Waals surface area (Å²) < 4.78 is 0. The van der Waals surface area contributed by atoms with E-state index in [0.29, 0.717) is 25.0 Å². The van der Waals surface area contributed by atoms with Gasteiger partial charge in [-0.2, -0.15) is 0 Å². The number of rotatable bonds is 2. The molecule has 2 rings (SSSR count). The number of piperazine rings is 1. The van der Waals surface area contributed by atoms with Gasteiger partial charge >= 0.3 is 0 Å². The number of carbonyl (C=O) groups is 1. The van der Waals surface area contributed by atoms with Crippen molar-refractivity contribution in [2.24, 2.45) is 0 Å². The molecule has 5 nitrogen and oxygen atoms in total. The van der Waals surface area contributed by atoms with Crippen LogP contribution in [0.1, 0.15) is 31.0 Å². The van der Waals surface area contributed by atoms with Crippen molar-refractivity contribution in [3.05, 3.63) is 17.5 Å². The molecule has 1 fully saturated rings. The minimum atomic E-state index is 0.0328. The van der Waals surface area contributed by atoms with E-state index in [-0.39, 0.29) is 5.91 Å². The van der Waals surface area contributed by atoms with Gasteiger partial charge in [0.25, 0.3) is 0 Å². The van der Waals surface area contributed by atoms with Crippen molar-refractivity contribution in [1.29, 1.82) is 0 Å². The van der Waals surface area contributed by atoms with Crippen LogP contribution in [-0.4, -0.2) is 35.5 Å². The predicted molar refractivity (Wildman–Crippen MR) is 66.1 cm³/mol. The van der Waals surface area contributed by atoms with Crippen molar-refractivity contribution in [2.75, 3.05) is 24.5 Å². The quantitative estimate of drug-likeness (QED) is 0.824. The highest BCUT2D eigenvalue weighted by Crippen LogP contribution is 2.18. The standard InChI is InChI=1S/C12H18N4O/c1-8(2)10-6-14-12(15-9(10)3)16-5-4-13-11(17)7-16/h6,8H,4-5,7H2,1-3H3,(H,13,17). The number of anilines is 1. The molecule has 5 heteroatoms. The van der Waals surface area contributed by atoms with Crippen LogP contribution in [0.3, 0.4) is 0 Å². The van der Waals surface area contributed by atoms with Gasteiger partial charge in [0.15, 0.2) is 0 Å². The van der Waals surface area contributed by atoms with E-state index in [2.05, 4.69) is 29.1 Å². The number of carbonyl (C=O) groups excluding carboxylic acids is 1. The molecule has 1 aliphatic rings. The van der Waals surface area contributed by atoms with E-state index in [4.69, 9.17) is 0 Å². The van der Waals surface area contributed by atoms with Crippen LogP contribution in [-0.2, 0) is 4.79 Å². The van der Waals surface area contributed by atoms with Crippen molar-refractivity contribution in [3.8, 4) is 0 Å². The Kier molecular flexibility index (Phi) is 3.26. The zero-order chi connectivity index (χ0) is 12.4. The molecule has 0 atom stereocenters. The Bertz CT molecular complexity index is 431. The first-order valence-corrected chi connectivity index (χ1v) is 5.93. The Hall–Kier alpha value is -1.65. The first-order valence-electron chi connectivity index (χ1n) is 5.93. The highest BCUT2D eigenvalue weighted by molar-refractivity contribution is 5.81. The van der Waals surface area contributed by atoms with Gasteiger partial charge < -0.3 is 10.2 Å². The number of nitrogens with zero attached hydrogens (tertiary/aromatic N) is 3. The minimum absolute atomic E-state index is 0.0328. The van der Waals surface area contributed by atoms with Gasteiger partial charge in [0.2, 0.25) is 11.9 Å². The van der Waals surface area contributed by atoms with Gasteiger partial charge in [-0.25, -0.2) is 9.97 Å². The second kappa shape index (κ2) is 4.69. The van der Waals surface area contributed by atoms with Gasteiger partial charge in [0.05, 0.1) is 6.54 Å². The number of hydrogen-bond acceptors (Lipinski definition) is 4. The molecule has 17 heavy (non-hydrogen) atoms. The Morgan fingerprint density at radius 2 is 2.24 bits per heavy atom. The maximum atomic E-state index is 11.3. The van der Waals surface area contributed by atoms with E-state index >= 15 is 0 Å². The van der Waals surface area contributed by atoms with Gasteiger partial charge in [-0.15, -0.1) is 0 Å². The van der Waals surface area contributed by atoms with Crippen LogP contribution in [0.5, 0.6) is 0 Å². The smallest absolute Gasteiger partial charge is 0.239 e. The third-order valence-corrected chi connectivity index (χ3v) is 2.95. The number of aromatic nitrogens is 2. The fraction of sp³-hybridized carbons (Fsp3) is 0.583. The monoisotopic (exact) mass is 234 g/mol. The molecule has 1 aliphatic heterocycles. The molecule has 0 aromatic carbocycles. The molecule has 0 bridgehead atoms. The summed E-state index contributed by atoms with van der Waals surface area (Å²) in [6, 6.07) is 0. The molecule has 2 heterocycles. The van der Waals surface area contributed by atoms with Gasteiger partial charge in [-0.1, -0.05) is 13.8 Å². The maximum Gasteiger partial charge on any atom is 0.239 e. The van der Waals surface area contributed by atoms with E-state index in [9.17, 15) is 4.79 Å². The maximum absolute atomic E-state index is 11.3. The minimum Gasteiger partial charge on any atom is -0.353 e. The fourth-order valence-electron chi connectivity index (χ4n) is 1.99. The number of nitrogens with one attached hydrogen (secondary N) is 1. The molecule has 1 N–H and O–H groups in total. The zero-order valence-corrected chi connectivity index (χ0v) is 10.5. The topological polar surface area (TPSA) is 58.1 Å². The summed E-state index contributed by atoms with van der Waals surface area (Å²) in [6.07, 6.45) is 1.87. The lowest BCUT2D eigenvalue weighted by atomic mass is 10.0. The van der Waals surface area contributed by atoms with Crippen LogP contribution in [0.2, 0.25) is 0 Å². The summed E-state index contributed by atoms with van der Waals surface area (Å²) >= 11 is 0. The SMILES string of the molecule is Cc1nc(N2CCNC(=O)C2)ncc1C(C)C. The van der Waals surface area contributed by atoms with Crippen LogP contribution in [0, 0.1) is 6.92 Å². The molecule has 0 saturated carbocycles. The first-order chi connectivity index (χ1) is 8.08. The van der Waals surface area contributed by atoms with Crippen molar-refractivity contribution in [2.45, 2.75) is 26.7 Å². The van der Waals surface area contributed by atoms with E-state index in [1.807, 2.05) is 18.0 Å². The fourth-order valence-corrected chi connectivity index (χ4v) is 1.99. The van der Waals surface area contributed by atoms with Crippen molar-refractivity contribution in [1.82, 2.24) is 15.3 Å². The molecule has 92 valence electrons. The first kappa shape index (κ1) is 11.8.